The monoisotopic (exact) mass is 504 g/mol. The number of carbonyl (C=O) groups excluding carboxylic acids is 1. The summed E-state index contributed by atoms with van der Waals surface area (Å²) in [5.74, 6) is 0.789. The van der Waals surface area contributed by atoms with Gasteiger partial charge in [0.05, 0.1) is 12.3 Å². The molecule has 6 nitrogen and oxygen atoms in total. The van der Waals surface area contributed by atoms with Gasteiger partial charge in [-0.3, -0.25) is 9.56 Å². The quantitative estimate of drug-likeness (QED) is 0.345. The molecule has 2 aromatic heterocycles. The number of alkyl carbamates (subject to hydrolysis) is 1. The molecule has 1 N–H and O–H groups in total. The molecule has 1 amide bonds. The summed E-state index contributed by atoms with van der Waals surface area (Å²) in [5.41, 5.74) is 6.07. The van der Waals surface area contributed by atoms with Crippen LogP contribution in [0.5, 0.6) is 0 Å². The summed E-state index contributed by atoms with van der Waals surface area (Å²) in [6.45, 7) is 6.76. The van der Waals surface area contributed by atoms with E-state index in [2.05, 4.69) is 23.7 Å². The largest absolute Gasteiger partial charge is 0.445 e. The van der Waals surface area contributed by atoms with Gasteiger partial charge in [0.25, 0.3) is 0 Å². The maximum atomic E-state index is 12.5. The highest BCUT2D eigenvalue weighted by molar-refractivity contribution is 7.15. The number of aliphatic imine (C=N–C) groups is 1. The molecule has 0 aliphatic carbocycles. The first kappa shape index (κ1) is 23.3. The first-order chi connectivity index (χ1) is 16.9. The molecule has 1 aliphatic rings. The van der Waals surface area contributed by atoms with Crippen LogP contribution in [0.1, 0.15) is 44.7 Å². The summed E-state index contributed by atoms with van der Waals surface area (Å²) in [5, 5.41) is 4.65. The summed E-state index contributed by atoms with van der Waals surface area (Å²) in [7, 11) is 0. The Hall–Kier alpha value is -3.42. The maximum absolute atomic E-state index is 12.5. The molecular formula is C27H25ClN4O2S. The fourth-order valence-corrected chi connectivity index (χ4v) is 5.55. The van der Waals surface area contributed by atoms with Crippen LogP contribution in [0.15, 0.2) is 65.8 Å². The van der Waals surface area contributed by atoms with Crippen molar-refractivity contribution in [1.29, 1.82) is 0 Å². The van der Waals surface area contributed by atoms with E-state index in [0.29, 0.717) is 5.02 Å². The second kappa shape index (κ2) is 9.68. The predicted octanol–water partition coefficient (Wildman–Crippen LogP) is 6.33. The molecule has 0 fully saturated rings. The number of carbonyl (C=O) groups is 1. The molecular weight excluding hydrogens is 480 g/mol. The molecule has 3 heterocycles. The molecule has 4 aromatic rings. The third-order valence-corrected chi connectivity index (χ3v) is 7.57. The molecule has 0 saturated carbocycles. The predicted molar refractivity (Wildman–Crippen MR) is 140 cm³/mol. The minimum Gasteiger partial charge on any atom is -0.445 e. The van der Waals surface area contributed by atoms with E-state index in [1.54, 1.807) is 11.3 Å². The highest BCUT2D eigenvalue weighted by Gasteiger charge is 2.30. The molecule has 0 unspecified atom stereocenters. The van der Waals surface area contributed by atoms with Gasteiger partial charge in [-0.2, -0.15) is 0 Å². The number of benzene rings is 2. The van der Waals surface area contributed by atoms with Crippen molar-refractivity contribution in [1.82, 2.24) is 14.9 Å². The highest BCUT2D eigenvalue weighted by Crippen LogP contribution is 2.39. The minimum absolute atomic E-state index is 0.208. The molecule has 0 bridgehead atoms. The molecule has 5 rings (SSSR count). The molecule has 1 aliphatic heterocycles. The number of fused-ring (bicyclic) bond motifs is 3. The second-order valence-electron chi connectivity index (χ2n) is 8.50. The summed E-state index contributed by atoms with van der Waals surface area (Å²) in [6, 6.07) is 16.9. The number of hydrogen-bond acceptors (Lipinski definition) is 5. The fourth-order valence-electron chi connectivity index (χ4n) is 4.20. The summed E-state index contributed by atoms with van der Waals surface area (Å²) in [4.78, 5) is 23.6. The van der Waals surface area contributed by atoms with Crippen molar-refractivity contribution in [2.75, 3.05) is 6.54 Å². The zero-order valence-electron chi connectivity index (χ0n) is 19.7. The van der Waals surface area contributed by atoms with Crippen LogP contribution in [0.2, 0.25) is 5.02 Å². The Kier molecular flexibility index (Phi) is 6.45. The molecule has 178 valence electrons. The highest BCUT2D eigenvalue weighted by atomic mass is 35.5. The number of imidazole rings is 1. The minimum atomic E-state index is -0.488. The zero-order valence-corrected chi connectivity index (χ0v) is 21.3. The van der Waals surface area contributed by atoms with Gasteiger partial charge in [-0.1, -0.05) is 54.1 Å². The number of thiophene rings is 1. The third-order valence-electron chi connectivity index (χ3n) is 6.13. The normalized spacial score (nSPS) is 14.5. The van der Waals surface area contributed by atoms with Gasteiger partial charge in [0.15, 0.2) is 0 Å². The van der Waals surface area contributed by atoms with Gasteiger partial charge >= 0.3 is 6.09 Å². The number of rotatable bonds is 5. The van der Waals surface area contributed by atoms with Gasteiger partial charge in [-0.25, -0.2) is 9.78 Å². The van der Waals surface area contributed by atoms with Gasteiger partial charge in [-0.05, 0) is 44.0 Å². The van der Waals surface area contributed by atoms with Crippen LogP contribution >= 0.6 is 22.9 Å². The lowest BCUT2D eigenvalue weighted by Gasteiger charge is -2.15. The average Bonchev–Trinajstić information content (AvgIpc) is 3.33. The lowest BCUT2D eigenvalue weighted by Crippen LogP contribution is -2.29. The lowest BCUT2D eigenvalue weighted by molar-refractivity contribution is 0.139. The van der Waals surface area contributed by atoms with Crippen LogP contribution in [-0.2, 0) is 11.3 Å². The van der Waals surface area contributed by atoms with Crippen LogP contribution in [0.4, 0.5) is 4.79 Å². The number of nitrogens with one attached hydrogen (secondary N) is 1. The van der Waals surface area contributed by atoms with Gasteiger partial charge in [0.1, 0.15) is 23.5 Å². The van der Waals surface area contributed by atoms with Gasteiger partial charge in [-0.15, -0.1) is 11.3 Å². The Balaban J connectivity index is 1.49. The molecule has 0 radical (unpaired) electrons. The standard InChI is InChI=1S/C27H25ClN4O2S/c1-16-13-29-25-22(14-30-27(33)34-15-19-7-5-4-6-8-19)31-24(20-9-11-21(28)12-10-20)23-17(2)18(3)35-26(23)32(16)25/h4-13,22H,14-15H2,1-3H3,(H,30,33)/t22-/m0/s1. The Labute approximate surface area is 213 Å². The van der Waals surface area contributed by atoms with Gasteiger partial charge in [0, 0.05) is 32.9 Å². The Bertz CT molecular complexity index is 1410. The first-order valence-electron chi connectivity index (χ1n) is 11.4. The lowest BCUT2D eigenvalue weighted by atomic mass is 10.00. The van der Waals surface area contributed by atoms with E-state index in [0.717, 1.165) is 38.9 Å². The molecule has 0 spiro atoms. The van der Waals surface area contributed by atoms with Crippen LogP contribution in [0.25, 0.3) is 5.00 Å². The van der Waals surface area contributed by atoms with E-state index < -0.39 is 12.1 Å². The molecule has 2 aromatic carbocycles. The number of aromatic nitrogens is 2. The van der Waals surface area contributed by atoms with Crippen molar-refractivity contribution >= 4 is 34.7 Å². The smallest absolute Gasteiger partial charge is 0.407 e. The number of amides is 1. The van der Waals surface area contributed by atoms with E-state index in [9.17, 15) is 4.79 Å². The second-order valence-corrected chi connectivity index (χ2v) is 10.1. The number of aryl methyl sites for hydroxylation is 2. The summed E-state index contributed by atoms with van der Waals surface area (Å²) in [6.07, 6.45) is 1.37. The van der Waals surface area contributed by atoms with Crippen molar-refractivity contribution in [3.63, 3.8) is 0 Å². The van der Waals surface area contributed by atoms with E-state index >= 15 is 0 Å². The fraction of sp³-hybridized carbons (Fsp3) is 0.222. The molecule has 8 heteroatoms. The summed E-state index contributed by atoms with van der Waals surface area (Å²) >= 11 is 7.90. The SMILES string of the molecule is Cc1sc2c(c1C)C(c1ccc(Cl)cc1)=N[C@@H](CNC(=O)OCc1ccccc1)c1ncc(C)n1-2. The number of nitrogens with zero attached hydrogens (tertiary/aromatic N) is 3. The first-order valence-corrected chi connectivity index (χ1v) is 12.5. The van der Waals surface area contributed by atoms with E-state index in [-0.39, 0.29) is 13.2 Å². The van der Waals surface area contributed by atoms with E-state index in [1.807, 2.05) is 67.7 Å². The van der Waals surface area contributed by atoms with Crippen molar-refractivity contribution in [3.05, 3.63) is 104 Å². The average molecular weight is 505 g/mol. The van der Waals surface area contributed by atoms with Crippen molar-refractivity contribution < 1.29 is 9.53 Å². The summed E-state index contributed by atoms with van der Waals surface area (Å²) < 4.78 is 7.57. The Morgan fingerprint density at radius 2 is 1.86 bits per heavy atom. The molecule has 0 saturated heterocycles. The van der Waals surface area contributed by atoms with E-state index in [4.69, 9.17) is 26.3 Å². The number of hydrogen-bond donors (Lipinski definition) is 1. The van der Waals surface area contributed by atoms with Crippen LogP contribution in [-0.4, -0.2) is 27.9 Å². The van der Waals surface area contributed by atoms with Crippen LogP contribution in [0.3, 0.4) is 0 Å². The van der Waals surface area contributed by atoms with Gasteiger partial charge in [0.2, 0.25) is 0 Å². The molecule has 1 atom stereocenters. The topological polar surface area (TPSA) is 68.5 Å². The van der Waals surface area contributed by atoms with Crippen molar-refractivity contribution in [2.45, 2.75) is 33.4 Å². The number of ether oxygens (including phenoxy) is 1. The van der Waals surface area contributed by atoms with Crippen LogP contribution in [0, 0.1) is 20.8 Å². The van der Waals surface area contributed by atoms with Crippen molar-refractivity contribution in [2.24, 2.45) is 4.99 Å². The van der Waals surface area contributed by atoms with Crippen LogP contribution < -0.4 is 5.32 Å². The van der Waals surface area contributed by atoms with E-state index in [1.165, 1.54) is 10.4 Å². The Morgan fingerprint density at radius 1 is 1.11 bits per heavy atom. The zero-order chi connectivity index (χ0) is 24.5. The maximum Gasteiger partial charge on any atom is 0.407 e. The van der Waals surface area contributed by atoms with Crippen molar-refractivity contribution in [3.8, 4) is 5.00 Å². The van der Waals surface area contributed by atoms with Gasteiger partial charge < -0.3 is 10.1 Å². The third kappa shape index (κ3) is 4.61. The molecule has 35 heavy (non-hydrogen) atoms. The Morgan fingerprint density at radius 3 is 2.60 bits per heavy atom. The number of halogens is 1.